The van der Waals surface area contributed by atoms with Crippen LogP contribution < -0.4 is 10.3 Å². The lowest BCUT2D eigenvalue weighted by Gasteiger charge is -1.91. The van der Waals surface area contributed by atoms with Crippen molar-refractivity contribution in [1.29, 1.82) is 0 Å². The number of aromatic amines is 1. The first-order chi connectivity index (χ1) is 6.68. The highest BCUT2D eigenvalue weighted by molar-refractivity contribution is 14.1. The summed E-state index contributed by atoms with van der Waals surface area (Å²) >= 11 is 1.94. The van der Waals surface area contributed by atoms with Crippen LogP contribution in [0.5, 0.6) is 0 Å². The number of H-pyrrole nitrogens is 1. The van der Waals surface area contributed by atoms with E-state index < -0.39 is 0 Å². The largest absolute Gasteiger partial charge is 0.441 e. The van der Waals surface area contributed by atoms with Gasteiger partial charge in [-0.05, 0) is 16.9 Å². The highest BCUT2D eigenvalue weighted by Crippen LogP contribution is 2.03. The first-order valence-electron chi connectivity index (χ1n) is 4.04. The lowest BCUT2D eigenvalue weighted by atomic mass is 10.2. The Bertz CT molecular complexity index is 498. The second-order valence-electron chi connectivity index (χ2n) is 2.94. The summed E-state index contributed by atoms with van der Waals surface area (Å²) in [5.74, 6) is 0. The summed E-state index contributed by atoms with van der Waals surface area (Å²) in [5, 5.41) is 2.53. The van der Waals surface area contributed by atoms with Gasteiger partial charge < -0.3 is 0 Å². The molecule has 1 aromatic heterocycles. The van der Waals surface area contributed by atoms with E-state index in [1.807, 2.05) is 53.8 Å². The van der Waals surface area contributed by atoms with Gasteiger partial charge in [0.25, 0.3) is 0 Å². The third-order valence-corrected chi connectivity index (χ3v) is 2.81. The lowest BCUT2D eigenvalue weighted by molar-refractivity contribution is -0.682. The Morgan fingerprint density at radius 1 is 1.36 bits per heavy atom. The molecule has 0 bridgehead atoms. The van der Waals surface area contributed by atoms with Crippen molar-refractivity contribution in [2.24, 2.45) is 0 Å². The monoisotopic (exact) mass is 303 g/mol. The van der Waals surface area contributed by atoms with Gasteiger partial charge in [0.15, 0.2) is 0 Å². The Kier molecular flexibility index (Phi) is 2.40. The average Bonchev–Trinajstić information content (AvgIpc) is 2.50. The highest BCUT2D eigenvalue weighted by atomic mass is 127. The molecule has 0 saturated carbocycles. The molecule has 1 aromatic carbocycles. The van der Waals surface area contributed by atoms with Crippen LogP contribution in [0.4, 0.5) is 0 Å². The molecule has 0 spiro atoms. The molecular formula is C9H8IN2O2+. The van der Waals surface area contributed by atoms with Crippen LogP contribution in [0.3, 0.4) is 0 Å². The van der Waals surface area contributed by atoms with Gasteiger partial charge in [0.05, 0.1) is 0 Å². The van der Waals surface area contributed by atoms with Crippen molar-refractivity contribution in [3.63, 3.8) is 0 Å². The number of hydrogen-bond donors (Lipinski definition) is 1. The highest BCUT2D eigenvalue weighted by Gasteiger charge is 2.19. The van der Waals surface area contributed by atoms with Crippen molar-refractivity contribution < 1.29 is 9.20 Å². The quantitative estimate of drug-likeness (QED) is 0.635. The van der Waals surface area contributed by atoms with E-state index >= 15 is 0 Å². The molecule has 0 aliphatic heterocycles. The van der Waals surface area contributed by atoms with Crippen LogP contribution in [0.15, 0.2) is 33.6 Å². The van der Waals surface area contributed by atoms with Gasteiger partial charge in [-0.2, -0.15) is 0 Å². The molecule has 0 saturated heterocycles. The molecule has 4 nitrogen and oxygen atoms in total. The molecule has 0 unspecified atom stereocenters. The summed E-state index contributed by atoms with van der Waals surface area (Å²) in [6.07, 6.45) is 0. The first kappa shape index (κ1) is 9.45. The van der Waals surface area contributed by atoms with Crippen LogP contribution in [0.25, 0.3) is 5.69 Å². The Hall–Kier alpha value is -1.11. The Morgan fingerprint density at radius 2 is 2.00 bits per heavy atom. The van der Waals surface area contributed by atoms with Gasteiger partial charge in [0, 0.05) is 34.7 Å². The maximum absolute atomic E-state index is 11.1. The van der Waals surface area contributed by atoms with Crippen LogP contribution in [0.1, 0.15) is 5.56 Å². The number of nitrogens with zero attached hydrogens (tertiary/aromatic N) is 1. The van der Waals surface area contributed by atoms with Gasteiger partial charge in [-0.15, -0.1) is 0 Å². The fourth-order valence-corrected chi connectivity index (χ4v) is 1.61. The smallest absolute Gasteiger partial charge is 0.282 e. The molecule has 0 fully saturated rings. The van der Waals surface area contributed by atoms with Crippen molar-refractivity contribution in [1.82, 2.24) is 5.27 Å². The van der Waals surface area contributed by atoms with E-state index in [0.29, 0.717) is 3.70 Å². The van der Waals surface area contributed by atoms with Crippen LogP contribution >= 0.6 is 22.6 Å². The van der Waals surface area contributed by atoms with Crippen molar-refractivity contribution in [3.8, 4) is 5.69 Å². The zero-order valence-corrected chi connectivity index (χ0v) is 9.61. The molecule has 0 atom stereocenters. The Balaban J connectivity index is 2.55. The fourth-order valence-electron chi connectivity index (χ4n) is 1.12. The number of nitrogens with one attached hydrogen (secondary N) is 1. The zero-order chi connectivity index (χ0) is 10.1. The zero-order valence-electron chi connectivity index (χ0n) is 7.45. The number of benzene rings is 1. The topological polar surface area (TPSA) is 49.9 Å². The second kappa shape index (κ2) is 3.56. The normalized spacial score (nSPS) is 10.4. The molecule has 1 N–H and O–H groups in total. The maximum Gasteiger partial charge on any atom is 0.441 e. The third kappa shape index (κ3) is 1.59. The van der Waals surface area contributed by atoms with Gasteiger partial charge in [0.2, 0.25) is 5.69 Å². The molecule has 2 aromatic rings. The van der Waals surface area contributed by atoms with Crippen LogP contribution in [-0.2, 0) is 0 Å². The maximum atomic E-state index is 11.1. The van der Waals surface area contributed by atoms with Crippen LogP contribution in [-0.4, -0.2) is 5.27 Å². The van der Waals surface area contributed by atoms with Gasteiger partial charge in [0.1, 0.15) is 0 Å². The Labute approximate surface area is 93.6 Å². The molecule has 0 radical (unpaired) electrons. The SMILES string of the molecule is Cc1ccc(-[n+]2[nH]oc(=O)c2I)cc1. The van der Waals surface area contributed by atoms with Crippen molar-refractivity contribution in [2.75, 3.05) is 0 Å². The van der Waals surface area contributed by atoms with E-state index in [2.05, 4.69) is 9.79 Å². The van der Waals surface area contributed by atoms with E-state index in [-0.39, 0.29) is 5.63 Å². The number of rotatable bonds is 1. The number of aryl methyl sites for hydroxylation is 1. The van der Waals surface area contributed by atoms with E-state index in [9.17, 15) is 4.79 Å². The Morgan fingerprint density at radius 3 is 2.50 bits per heavy atom. The minimum atomic E-state index is -0.355. The van der Waals surface area contributed by atoms with Crippen LogP contribution in [0, 0.1) is 10.6 Å². The number of aromatic nitrogens is 2. The summed E-state index contributed by atoms with van der Waals surface area (Å²) < 4.78 is 6.76. The molecule has 2 rings (SSSR count). The number of hydrogen-bond acceptors (Lipinski definition) is 2. The van der Waals surface area contributed by atoms with E-state index in [0.717, 1.165) is 5.69 Å². The van der Waals surface area contributed by atoms with Crippen molar-refractivity contribution >= 4 is 22.6 Å². The summed E-state index contributed by atoms with van der Waals surface area (Å²) in [5.41, 5.74) is 1.70. The fraction of sp³-hybridized carbons (Fsp3) is 0.111. The molecule has 0 amide bonds. The summed E-state index contributed by atoms with van der Waals surface area (Å²) in [6, 6.07) is 7.79. The molecule has 1 heterocycles. The molecule has 5 heteroatoms. The molecule has 14 heavy (non-hydrogen) atoms. The van der Waals surface area contributed by atoms with Gasteiger partial charge >= 0.3 is 9.33 Å². The summed E-state index contributed by atoms with van der Waals surface area (Å²) in [4.78, 5) is 11.1. The van der Waals surface area contributed by atoms with E-state index in [1.54, 1.807) is 4.68 Å². The van der Waals surface area contributed by atoms with Gasteiger partial charge in [-0.3, -0.25) is 4.52 Å². The molecule has 0 aliphatic carbocycles. The molecule has 0 aliphatic rings. The standard InChI is InChI=1S/C9H7IN2O2/c1-6-2-4-7(5-3-6)12-8(10)9(13)14-11-12/h2-5H,1H3/p+1. The van der Waals surface area contributed by atoms with E-state index in [4.69, 9.17) is 0 Å². The van der Waals surface area contributed by atoms with Crippen molar-refractivity contribution in [2.45, 2.75) is 6.92 Å². The first-order valence-corrected chi connectivity index (χ1v) is 5.12. The predicted molar refractivity (Wildman–Crippen MR) is 58.3 cm³/mol. The van der Waals surface area contributed by atoms with Gasteiger partial charge in [-0.1, -0.05) is 17.7 Å². The molecule has 72 valence electrons. The predicted octanol–water partition coefficient (Wildman–Crippen LogP) is 1.16. The van der Waals surface area contributed by atoms with Crippen molar-refractivity contribution in [3.05, 3.63) is 43.9 Å². The summed E-state index contributed by atoms with van der Waals surface area (Å²) in [6.45, 7) is 2.01. The third-order valence-electron chi connectivity index (χ3n) is 1.89. The second-order valence-corrected chi connectivity index (χ2v) is 3.96. The van der Waals surface area contributed by atoms with E-state index in [1.165, 1.54) is 5.56 Å². The van der Waals surface area contributed by atoms with Crippen LogP contribution in [0.2, 0.25) is 0 Å². The average molecular weight is 303 g/mol. The lowest BCUT2D eigenvalue weighted by Crippen LogP contribution is -2.37. The molecular weight excluding hydrogens is 295 g/mol. The minimum Gasteiger partial charge on any atom is -0.282 e. The summed E-state index contributed by atoms with van der Waals surface area (Å²) in [7, 11) is 0. The minimum absolute atomic E-state index is 0.355. The van der Waals surface area contributed by atoms with Gasteiger partial charge in [-0.25, -0.2) is 4.79 Å². The number of halogens is 1.